The van der Waals surface area contributed by atoms with Gasteiger partial charge in [-0.25, -0.2) is 16.8 Å². The van der Waals surface area contributed by atoms with Gasteiger partial charge in [-0.2, -0.15) is 0 Å². The zero-order valence-corrected chi connectivity index (χ0v) is 14.0. The van der Waals surface area contributed by atoms with Gasteiger partial charge in [0.1, 0.15) is 6.29 Å². The van der Waals surface area contributed by atoms with Crippen LogP contribution in [0.1, 0.15) is 6.42 Å². The Hall–Kier alpha value is -1.87. The Bertz CT molecular complexity index is 856. The SMILES string of the molecule is CN1C(CC=O)=CS(=O)(=O)c2cc(N(C)S(C)(=O)=O)ccc21. The number of nitrogens with zero attached hydrogens (tertiary/aromatic N) is 2. The standard InChI is InChI=1S/C13H16N2O5S2/c1-14-11(6-7-16)9-22(19,20)13-8-10(4-5-12(13)14)15(2)21(3,17)18/h4-5,7-9H,6H2,1-3H3. The van der Waals surface area contributed by atoms with Crippen molar-refractivity contribution < 1.29 is 21.6 Å². The minimum absolute atomic E-state index is 0.0117. The van der Waals surface area contributed by atoms with E-state index in [-0.39, 0.29) is 17.0 Å². The van der Waals surface area contributed by atoms with E-state index in [0.717, 1.165) is 16.0 Å². The lowest BCUT2D eigenvalue weighted by atomic mass is 10.2. The van der Waals surface area contributed by atoms with Gasteiger partial charge in [-0.1, -0.05) is 0 Å². The van der Waals surface area contributed by atoms with E-state index in [1.807, 2.05) is 0 Å². The molecule has 0 unspecified atom stereocenters. The molecule has 0 bridgehead atoms. The Morgan fingerprint density at radius 3 is 2.50 bits per heavy atom. The van der Waals surface area contributed by atoms with Crippen LogP contribution in [-0.2, 0) is 24.7 Å². The van der Waals surface area contributed by atoms with Crippen LogP contribution in [0.4, 0.5) is 11.4 Å². The Labute approximate surface area is 129 Å². The minimum Gasteiger partial charge on any atom is -0.346 e. The van der Waals surface area contributed by atoms with Crippen LogP contribution in [0.3, 0.4) is 0 Å². The zero-order chi connectivity index (χ0) is 16.7. The molecule has 0 saturated heterocycles. The Morgan fingerprint density at radius 2 is 1.95 bits per heavy atom. The van der Waals surface area contributed by atoms with Crippen molar-refractivity contribution in [1.82, 2.24) is 0 Å². The maximum Gasteiger partial charge on any atom is 0.231 e. The highest BCUT2D eigenvalue weighted by Gasteiger charge is 2.28. The molecular formula is C13H16N2O5S2. The number of carbonyl (C=O) groups is 1. The fourth-order valence-electron chi connectivity index (χ4n) is 2.14. The van der Waals surface area contributed by atoms with Crippen molar-refractivity contribution in [2.75, 3.05) is 29.6 Å². The second-order valence-corrected chi connectivity index (χ2v) is 8.75. The lowest BCUT2D eigenvalue weighted by molar-refractivity contribution is -0.107. The second-order valence-electron chi connectivity index (χ2n) is 4.97. The number of hydrogen-bond acceptors (Lipinski definition) is 6. The molecule has 2 rings (SSSR count). The lowest BCUT2D eigenvalue weighted by Gasteiger charge is -2.29. The summed E-state index contributed by atoms with van der Waals surface area (Å²) < 4.78 is 48.8. The first-order valence-electron chi connectivity index (χ1n) is 6.29. The molecular weight excluding hydrogens is 328 g/mol. The molecule has 1 aromatic rings. The molecule has 0 fully saturated rings. The maximum absolute atomic E-state index is 12.3. The summed E-state index contributed by atoms with van der Waals surface area (Å²) >= 11 is 0. The third-order valence-electron chi connectivity index (χ3n) is 3.49. The molecule has 0 radical (unpaired) electrons. The van der Waals surface area contributed by atoms with Gasteiger partial charge in [-0.05, 0) is 18.2 Å². The van der Waals surface area contributed by atoms with Crippen LogP contribution < -0.4 is 9.21 Å². The van der Waals surface area contributed by atoms with Gasteiger partial charge in [0, 0.05) is 26.2 Å². The smallest absolute Gasteiger partial charge is 0.231 e. The van der Waals surface area contributed by atoms with Crippen molar-refractivity contribution in [3.8, 4) is 0 Å². The first-order chi connectivity index (χ1) is 10.1. The van der Waals surface area contributed by atoms with E-state index in [1.54, 1.807) is 11.9 Å². The molecule has 0 N–H and O–H groups in total. The third-order valence-corrected chi connectivity index (χ3v) is 6.22. The summed E-state index contributed by atoms with van der Waals surface area (Å²) in [4.78, 5) is 12.3. The van der Waals surface area contributed by atoms with Crippen molar-refractivity contribution in [3.63, 3.8) is 0 Å². The number of benzene rings is 1. The van der Waals surface area contributed by atoms with E-state index < -0.39 is 19.9 Å². The van der Waals surface area contributed by atoms with Gasteiger partial charge in [-0.15, -0.1) is 0 Å². The quantitative estimate of drug-likeness (QED) is 0.748. The summed E-state index contributed by atoms with van der Waals surface area (Å²) in [5.74, 6) is 0. The predicted molar refractivity (Wildman–Crippen MR) is 84.0 cm³/mol. The number of allylic oxidation sites excluding steroid dienone is 1. The molecule has 0 atom stereocenters. The van der Waals surface area contributed by atoms with Crippen LogP contribution in [-0.4, -0.2) is 43.5 Å². The summed E-state index contributed by atoms with van der Waals surface area (Å²) in [6, 6.07) is 4.37. The number of hydrogen-bond donors (Lipinski definition) is 0. The van der Waals surface area contributed by atoms with E-state index in [0.29, 0.717) is 17.7 Å². The summed E-state index contributed by atoms with van der Waals surface area (Å²) in [6.45, 7) is 0. The van der Waals surface area contributed by atoms with Crippen molar-refractivity contribution >= 4 is 37.5 Å². The monoisotopic (exact) mass is 344 g/mol. The van der Waals surface area contributed by atoms with Crippen LogP contribution in [0.15, 0.2) is 34.2 Å². The van der Waals surface area contributed by atoms with E-state index in [2.05, 4.69) is 0 Å². The van der Waals surface area contributed by atoms with Crippen LogP contribution in [0.5, 0.6) is 0 Å². The van der Waals surface area contributed by atoms with Crippen molar-refractivity contribution in [3.05, 3.63) is 29.3 Å². The van der Waals surface area contributed by atoms with Gasteiger partial charge in [0.05, 0.1) is 27.9 Å². The first-order valence-corrected chi connectivity index (χ1v) is 9.68. The number of rotatable bonds is 4. The van der Waals surface area contributed by atoms with Gasteiger partial charge in [-0.3, -0.25) is 4.31 Å². The van der Waals surface area contributed by atoms with Crippen molar-refractivity contribution in [1.29, 1.82) is 0 Å². The van der Waals surface area contributed by atoms with Crippen molar-refractivity contribution in [2.24, 2.45) is 0 Å². The van der Waals surface area contributed by atoms with Gasteiger partial charge >= 0.3 is 0 Å². The highest BCUT2D eigenvalue weighted by Crippen LogP contribution is 2.37. The van der Waals surface area contributed by atoms with Crippen LogP contribution >= 0.6 is 0 Å². The highest BCUT2D eigenvalue weighted by atomic mass is 32.2. The average molecular weight is 344 g/mol. The minimum atomic E-state index is -3.73. The average Bonchev–Trinajstić information content (AvgIpc) is 2.42. The number of sulfone groups is 1. The highest BCUT2D eigenvalue weighted by molar-refractivity contribution is 7.94. The Balaban J connectivity index is 2.61. The van der Waals surface area contributed by atoms with E-state index in [1.165, 1.54) is 25.2 Å². The molecule has 1 aromatic carbocycles. The fraction of sp³-hybridized carbons (Fsp3) is 0.308. The molecule has 7 nitrogen and oxygen atoms in total. The van der Waals surface area contributed by atoms with Crippen LogP contribution in [0.25, 0.3) is 0 Å². The molecule has 0 spiro atoms. The van der Waals surface area contributed by atoms with E-state index >= 15 is 0 Å². The zero-order valence-electron chi connectivity index (χ0n) is 12.3. The molecule has 1 aliphatic heterocycles. The largest absolute Gasteiger partial charge is 0.346 e. The third kappa shape index (κ3) is 2.86. The molecule has 1 heterocycles. The Morgan fingerprint density at radius 1 is 1.32 bits per heavy atom. The lowest BCUT2D eigenvalue weighted by Crippen LogP contribution is -2.27. The fourth-order valence-corrected chi connectivity index (χ4v) is 4.16. The van der Waals surface area contributed by atoms with E-state index in [4.69, 9.17) is 0 Å². The number of carbonyl (C=O) groups excluding carboxylic acids is 1. The van der Waals surface area contributed by atoms with Gasteiger partial charge < -0.3 is 9.69 Å². The summed E-state index contributed by atoms with van der Waals surface area (Å²) in [5.41, 5.74) is 1.03. The maximum atomic E-state index is 12.3. The van der Waals surface area contributed by atoms with Crippen molar-refractivity contribution in [2.45, 2.75) is 11.3 Å². The van der Waals surface area contributed by atoms with E-state index in [9.17, 15) is 21.6 Å². The summed E-state index contributed by atoms with van der Waals surface area (Å²) in [6.07, 6.45) is 1.66. The number of sulfonamides is 1. The predicted octanol–water partition coefficient (Wildman–Crippen LogP) is 0.736. The molecule has 120 valence electrons. The molecule has 0 aliphatic carbocycles. The number of anilines is 2. The molecule has 9 heteroatoms. The molecule has 22 heavy (non-hydrogen) atoms. The second kappa shape index (κ2) is 5.40. The Kier molecular flexibility index (Phi) is 4.05. The van der Waals surface area contributed by atoms with Gasteiger partial charge in [0.2, 0.25) is 19.9 Å². The first kappa shape index (κ1) is 16.5. The summed E-state index contributed by atoms with van der Waals surface area (Å²) in [7, 11) is -4.21. The topological polar surface area (TPSA) is 91.8 Å². The van der Waals surface area contributed by atoms with Crippen LogP contribution in [0, 0.1) is 0 Å². The normalized spacial score (nSPS) is 16.7. The molecule has 1 aliphatic rings. The molecule has 0 amide bonds. The molecule has 0 aromatic heterocycles. The number of fused-ring (bicyclic) bond motifs is 1. The van der Waals surface area contributed by atoms with Gasteiger partial charge in [0.15, 0.2) is 0 Å². The van der Waals surface area contributed by atoms with Crippen LogP contribution in [0.2, 0.25) is 0 Å². The molecule has 0 saturated carbocycles. The van der Waals surface area contributed by atoms with Gasteiger partial charge in [0.25, 0.3) is 0 Å². The summed E-state index contributed by atoms with van der Waals surface area (Å²) in [5, 5.41) is 1.04. The number of aldehydes is 1.